The van der Waals surface area contributed by atoms with E-state index in [9.17, 15) is 4.79 Å². The van der Waals surface area contributed by atoms with Gasteiger partial charge >= 0.3 is 0 Å². The van der Waals surface area contributed by atoms with Crippen LogP contribution < -0.4 is 10.1 Å². The van der Waals surface area contributed by atoms with Crippen molar-refractivity contribution in [3.63, 3.8) is 0 Å². The van der Waals surface area contributed by atoms with E-state index < -0.39 is 0 Å². The summed E-state index contributed by atoms with van der Waals surface area (Å²) in [6.45, 7) is 2.27. The number of ether oxygens (including phenoxy) is 1. The molecule has 0 aliphatic carbocycles. The zero-order valence-electron chi connectivity index (χ0n) is 11.3. The van der Waals surface area contributed by atoms with Crippen LogP contribution in [-0.2, 0) is 6.54 Å². The molecule has 1 heterocycles. The van der Waals surface area contributed by atoms with Crippen molar-refractivity contribution in [2.75, 3.05) is 7.11 Å². The molecule has 0 atom stereocenters. The van der Waals surface area contributed by atoms with E-state index in [1.807, 2.05) is 19.1 Å². The molecule has 1 amide bonds. The fourth-order valence-corrected chi connectivity index (χ4v) is 1.95. The van der Waals surface area contributed by atoms with Crippen molar-refractivity contribution in [3.8, 4) is 5.75 Å². The summed E-state index contributed by atoms with van der Waals surface area (Å²) >= 11 is 6.06. The molecule has 0 aliphatic rings. The molecule has 0 unspecified atom stereocenters. The number of nitrogens with one attached hydrogen (secondary N) is 1. The highest BCUT2D eigenvalue weighted by atomic mass is 35.5. The molecule has 0 aliphatic heterocycles. The lowest BCUT2D eigenvalue weighted by molar-refractivity contribution is 0.0948. The zero-order chi connectivity index (χ0) is 14.5. The van der Waals surface area contributed by atoms with Crippen LogP contribution in [0.25, 0.3) is 0 Å². The van der Waals surface area contributed by atoms with Gasteiger partial charge in [0.1, 0.15) is 5.75 Å². The van der Waals surface area contributed by atoms with Gasteiger partial charge < -0.3 is 10.1 Å². The molecule has 0 fully saturated rings. The van der Waals surface area contributed by atoms with E-state index in [-0.39, 0.29) is 5.91 Å². The van der Waals surface area contributed by atoms with Crippen molar-refractivity contribution < 1.29 is 9.53 Å². The zero-order valence-corrected chi connectivity index (χ0v) is 12.1. The lowest BCUT2D eigenvalue weighted by atomic mass is 10.1. The number of carbonyl (C=O) groups excluding carboxylic acids is 1. The number of pyridine rings is 1. The Kier molecular flexibility index (Phi) is 4.58. The van der Waals surface area contributed by atoms with Gasteiger partial charge in [0, 0.05) is 24.0 Å². The summed E-state index contributed by atoms with van der Waals surface area (Å²) in [5, 5.41) is 3.36. The monoisotopic (exact) mass is 290 g/mol. The summed E-state index contributed by atoms with van der Waals surface area (Å²) in [5.41, 5.74) is 2.22. The van der Waals surface area contributed by atoms with Crippen LogP contribution in [0.3, 0.4) is 0 Å². The summed E-state index contributed by atoms with van der Waals surface area (Å²) in [7, 11) is 1.53. The minimum Gasteiger partial charge on any atom is -0.496 e. The largest absolute Gasteiger partial charge is 0.496 e. The van der Waals surface area contributed by atoms with E-state index in [0.29, 0.717) is 22.9 Å². The van der Waals surface area contributed by atoms with Crippen molar-refractivity contribution >= 4 is 17.5 Å². The minimum absolute atomic E-state index is 0.229. The van der Waals surface area contributed by atoms with Crippen LogP contribution in [0.4, 0.5) is 0 Å². The lowest BCUT2D eigenvalue weighted by Gasteiger charge is -2.11. The number of nitrogens with zero attached hydrogens (tertiary/aromatic N) is 1. The van der Waals surface area contributed by atoms with Crippen LogP contribution in [0.5, 0.6) is 5.75 Å². The van der Waals surface area contributed by atoms with E-state index in [4.69, 9.17) is 16.3 Å². The Hall–Kier alpha value is -2.07. The predicted molar refractivity (Wildman–Crippen MR) is 78.1 cm³/mol. The van der Waals surface area contributed by atoms with Gasteiger partial charge in [0.25, 0.3) is 5.91 Å². The highest BCUT2D eigenvalue weighted by Gasteiger charge is 2.14. The second-order valence-corrected chi connectivity index (χ2v) is 4.75. The van der Waals surface area contributed by atoms with Gasteiger partial charge in [-0.2, -0.15) is 0 Å². The second-order valence-electron chi connectivity index (χ2n) is 4.35. The number of hydrogen-bond donors (Lipinski definition) is 1. The van der Waals surface area contributed by atoms with E-state index in [1.54, 1.807) is 24.5 Å². The first-order chi connectivity index (χ1) is 9.61. The minimum atomic E-state index is -0.229. The van der Waals surface area contributed by atoms with Crippen LogP contribution in [0.1, 0.15) is 21.5 Å². The van der Waals surface area contributed by atoms with Crippen molar-refractivity contribution in [2.45, 2.75) is 13.5 Å². The number of aromatic nitrogens is 1. The maximum atomic E-state index is 12.2. The Bertz CT molecular complexity index is 615. The molecule has 1 N–H and O–H groups in total. The van der Waals surface area contributed by atoms with Crippen molar-refractivity contribution in [1.82, 2.24) is 10.3 Å². The van der Waals surface area contributed by atoms with E-state index in [0.717, 1.165) is 11.1 Å². The lowest BCUT2D eigenvalue weighted by Crippen LogP contribution is -2.23. The van der Waals surface area contributed by atoms with Crippen molar-refractivity contribution in [2.24, 2.45) is 0 Å². The van der Waals surface area contributed by atoms with Crippen LogP contribution in [-0.4, -0.2) is 18.0 Å². The van der Waals surface area contributed by atoms with E-state index in [2.05, 4.69) is 10.3 Å². The molecule has 0 radical (unpaired) electrons. The standard InChI is InChI=1S/C15H15ClN2O2/c1-10-6-14(20-2)12(7-13(10)16)15(19)18-9-11-4-3-5-17-8-11/h3-8H,9H2,1-2H3,(H,18,19). The van der Waals surface area contributed by atoms with Crippen LogP contribution in [0, 0.1) is 6.92 Å². The van der Waals surface area contributed by atoms with E-state index >= 15 is 0 Å². The molecule has 0 spiro atoms. The maximum Gasteiger partial charge on any atom is 0.255 e. The van der Waals surface area contributed by atoms with Crippen molar-refractivity contribution in [1.29, 1.82) is 0 Å². The molecule has 2 rings (SSSR count). The van der Waals surface area contributed by atoms with Gasteiger partial charge in [-0.25, -0.2) is 0 Å². The SMILES string of the molecule is COc1cc(C)c(Cl)cc1C(=O)NCc1cccnc1. The average Bonchev–Trinajstić information content (AvgIpc) is 2.48. The Morgan fingerprint density at radius 2 is 2.25 bits per heavy atom. The number of aryl methyl sites for hydroxylation is 1. The smallest absolute Gasteiger partial charge is 0.255 e. The number of carbonyl (C=O) groups is 1. The molecule has 1 aromatic carbocycles. The van der Waals surface area contributed by atoms with Gasteiger partial charge in [-0.15, -0.1) is 0 Å². The molecule has 1 aromatic heterocycles. The molecular weight excluding hydrogens is 276 g/mol. The van der Waals surface area contributed by atoms with Crippen LogP contribution in [0.2, 0.25) is 5.02 Å². The van der Waals surface area contributed by atoms with Crippen LogP contribution in [0.15, 0.2) is 36.7 Å². The van der Waals surface area contributed by atoms with Gasteiger partial charge in [0.05, 0.1) is 12.7 Å². The summed E-state index contributed by atoms with van der Waals surface area (Å²) in [5.74, 6) is 0.281. The van der Waals surface area contributed by atoms with Crippen molar-refractivity contribution in [3.05, 3.63) is 58.4 Å². The highest BCUT2D eigenvalue weighted by molar-refractivity contribution is 6.31. The number of halogens is 1. The first-order valence-corrected chi connectivity index (χ1v) is 6.51. The molecule has 2 aromatic rings. The van der Waals surface area contributed by atoms with Gasteiger partial charge in [-0.3, -0.25) is 9.78 Å². The number of amides is 1. The van der Waals surface area contributed by atoms with Gasteiger partial charge in [0.2, 0.25) is 0 Å². The number of rotatable bonds is 4. The fraction of sp³-hybridized carbons (Fsp3) is 0.200. The molecular formula is C15H15ClN2O2. The molecule has 20 heavy (non-hydrogen) atoms. The third-order valence-electron chi connectivity index (χ3n) is 2.90. The number of methoxy groups -OCH3 is 1. The summed E-state index contributed by atoms with van der Waals surface area (Å²) in [4.78, 5) is 16.2. The highest BCUT2D eigenvalue weighted by Crippen LogP contribution is 2.26. The average molecular weight is 291 g/mol. The van der Waals surface area contributed by atoms with Gasteiger partial charge in [-0.05, 0) is 36.2 Å². The molecule has 5 heteroatoms. The molecule has 4 nitrogen and oxygen atoms in total. The number of benzene rings is 1. The Labute approximate surface area is 122 Å². The first kappa shape index (κ1) is 14.3. The maximum absolute atomic E-state index is 12.2. The molecule has 0 saturated heterocycles. The molecule has 0 bridgehead atoms. The van der Waals surface area contributed by atoms with Gasteiger partial charge in [-0.1, -0.05) is 17.7 Å². The molecule has 0 saturated carbocycles. The summed E-state index contributed by atoms with van der Waals surface area (Å²) < 4.78 is 5.22. The fourth-order valence-electron chi connectivity index (χ4n) is 1.78. The predicted octanol–water partition coefficient (Wildman–Crippen LogP) is 2.98. The normalized spacial score (nSPS) is 10.2. The Morgan fingerprint density at radius 3 is 2.90 bits per heavy atom. The third kappa shape index (κ3) is 3.27. The summed E-state index contributed by atoms with van der Waals surface area (Å²) in [6, 6.07) is 7.09. The topological polar surface area (TPSA) is 51.2 Å². The van der Waals surface area contributed by atoms with Crippen LogP contribution >= 0.6 is 11.6 Å². The third-order valence-corrected chi connectivity index (χ3v) is 3.31. The van der Waals surface area contributed by atoms with Gasteiger partial charge in [0.15, 0.2) is 0 Å². The Morgan fingerprint density at radius 1 is 1.45 bits per heavy atom. The quantitative estimate of drug-likeness (QED) is 0.942. The van der Waals surface area contributed by atoms with E-state index in [1.165, 1.54) is 7.11 Å². The number of hydrogen-bond acceptors (Lipinski definition) is 3. The molecule has 104 valence electrons. The Balaban J connectivity index is 2.15. The summed E-state index contributed by atoms with van der Waals surface area (Å²) in [6.07, 6.45) is 3.40. The first-order valence-electron chi connectivity index (χ1n) is 6.13. The second kappa shape index (κ2) is 6.39.